The van der Waals surface area contributed by atoms with Crippen LogP contribution in [0.1, 0.15) is 10.4 Å². The Bertz CT molecular complexity index is 981. The average molecular weight is 392 g/mol. The number of phenols is 1. The van der Waals surface area contributed by atoms with E-state index < -0.39 is 28.5 Å². The van der Waals surface area contributed by atoms with Crippen LogP contribution in [0.25, 0.3) is 10.8 Å². The predicted molar refractivity (Wildman–Crippen MR) is 98.9 cm³/mol. The van der Waals surface area contributed by atoms with Crippen LogP contribution in [0.3, 0.4) is 0 Å². The number of benzene rings is 2. The molecule has 1 N–H and O–H groups in total. The number of ether oxygens (including phenoxy) is 1. The molecule has 0 atom stereocenters. The summed E-state index contributed by atoms with van der Waals surface area (Å²) in [6.45, 7) is 0.438. The van der Waals surface area contributed by atoms with Crippen molar-refractivity contribution in [1.29, 1.82) is 0 Å². The van der Waals surface area contributed by atoms with Crippen LogP contribution in [0, 0.1) is 0 Å². The smallest absolute Gasteiger partial charge is 0.342 e. The monoisotopic (exact) mass is 392 g/mol. The molecule has 9 heteroatoms. The first-order chi connectivity index (χ1) is 12.8. The highest BCUT2D eigenvalue weighted by Crippen LogP contribution is 2.25. The lowest BCUT2D eigenvalue weighted by molar-refractivity contribution is -0.135. The molecule has 1 saturated heterocycles. The van der Waals surface area contributed by atoms with Crippen LogP contribution in [0.15, 0.2) is 36.4 Å². The van der Waals surface area contributed by atoms with Gasteiger partial charge < -0.3 is 14.7 Å². The molecule has 1 aliphatic rings. The molecule has 1 amide bonds. The van der Waals surface area contributed by atoms with Crippen molar-refractivity contribution in [2.75, 3.05) is 39.0 Å². The normalized spacial score (nSPS) is 15.7. The summed E-state index contributed by atoms with van der Waals surface area (Å²) in [5.74, 6) is -1.41. The lowest BCUT2D eigenvalue weighted by Crippen LogP contribution is -2.51. The van der Waals surface area contributed by atoms with E-state index in [2.05, 4.69) is 0 Å². The minimum absolute atomic E-state index is 0.0107. The topological polar surface area (TPSA) is 104 Å². The Labute approximate surface area is 157 Å². The van der Waals surface area contributed by atoms with Gasteiger partial charge in [-0.05, 0) is 22.9 Å². The van der Waals surface area contributed by atoms with Crippen LogP contribution in [-0.4, -0.2) is 73.6 Å². The van der Waals surface area contributed by atoms with Crippen molar-refractivity contribution in [2.24, 2.45) is 0 Å². The molecule has 1 heterocycles. The molecule has 144 valence electrons. The molecule has 1 fully saturated rings. The van der Waals surface area contributed by atoms with Gasteiger partial charge in [-0.25, -0.2) is 13.2 Å². The van der Waals surface area contributed by atoms with Crippen LogP contribution in [0.2, 0.25) is 0 Å². The fourth-order valence-electron chi connectivity index (χ4n) is 2.96. The van der Waals surface area contributed by atoms with Crippen molar-refractivity contribution >= 4 is 32.7 Å². The first-order valence-electron chi connectivity index (χ1n) is 8.37. The van der Waals surface area contributed by atoms with Gasteiger partial charge in [-0.15, -0.1) is 0 Å². The first-order valence-corrected chi connectivity index (χ1v) is 10.2. The summed E-state index contributed by atoms with van der Waals surface area (Å²) in [4.78, 5) is 25.9. The van der Waals surface area contributed by atoms with E-state index in [-0.39, 0.29) is 37.5 Å². The van der Waals surface area contributed by atoms with Gasteiger partial charge in [-0.2, -0.15) is 4.31 Å². The summed E-state index contributed by atoms with van der Waals surface area (Å²) >= 11 is 0. The number of esters is 1. The molecule has 0 radical (unpaired) electrons. The fraction of sp³-hybridized carbons (Fsp3) is 0.333. The number of phenolic OH excluding ortho intramolecular Hbond substituents is 1. The van der Waals surface area contributed by atoms with Crippen molar-refractivity contribution in [1.82, 2.24) is 9.21 Å². The molecule has 1 aliphatic heterocycles. The zero-order valence-corrected chi connectivity index (χ0v) is 15.6. The Balaban J connectivity index is 1.59. The lowest BCUT2D eigenvalue weighted by Gasteiger charge is -2.33. The van der Waals surface area contributed by atoms with E-state index in [0.29, 0.717) is 0 Å². The number of hydrogen-bond acceptors (Lipinski definition) is 6. The van der Waals surface area contributed by atoms with Gasteiger partial charge >= 0.3 is 5.97 Å². The quantitative estimate of drug-likeness (QED) is 0.772. The third kappa shape index (κ3) is 4.37. The van der Waals surface area contributed by atoms with Crippen molar-refractivity contribution < 1.29 is 27.9 Å². The average Bonchev–Trinajstić information content (AvgIpc) is 2.64. The van der Waals surface area contributed by atoms with Gasteiger partial charge in [-0.1, -0.05) is 24.3 Å². The summed E-state index contributed by atoms with van der Waals surface area (Å²) in [7, 11) is -3.28. The second kappa shape index (κ2) is 7.53. The van der Waals surface area contributed by atoms with Gasteiger partial charge in [0.2, 0.25) is 10.0 Å². The maximum Gasteiger partial charge on any atom is 0.342 e. The van der Waals surface area contributed by atoms with E-state index in [1.807, 2.05) is 18.2 Å². The number of rotatable bonds is 4. The molecular weight excluding hydrogens is 372 g/mol. The van der Waals surface area contributed by atoms with Gasteiger partial charge in [0, 0.05) is 26.2 Å². The Kier molecular flexibility index (Phi) is 5.33. The highest BCUT2D eigenvalue weighted by molar-refractivity contribution is 7.88. The van der Waals surface area contributed by atoms with Crippen LogP contribution in [-0.2, 0) is 19.6 Å². The summed E-state index contributed by atoms with van der Waals surface area (Å²) in [6.07, 6.45) is 1.13. The maximum atomic E-state index is 12.2. The molecule has 0 spiro atoms. The van der Waals surface area contributed by atoms with Crippen LogP contribution in [0.4, 0.5) is 0 Å². The third-order valence-electron chi connectivity index (χ3n) is 4.47. The second-order valence-electron chi connectivity index (χ2n) is 6.34. The number of amides is 1. The zero-order chi connectivity index (χ0) is 19.6. The number of fused-ring (bicyclic) bond motifs is 1. The molecule has 0 saturated carbocycles. The Hall–Kier alpha value is -2.65. The minimum Gasteiger partial charge on any atom is -0.507 e. The Morgan fingerprint density at radius 2 is 1.67 bits per heavy atom. The summed E-state index contributed by atoms with van der Waals surface area (Å²) < 4.78 is 29.3. The number of piperazine rings is 1. The van der Waals surface area contributed by atoms with Crippen molar-refractivity contribution in [3.63, 3.8) is 0 Å². The summed E-state index contributed by atoms with van der Waals surface area (Å²) in [5.41, 5.74) is -0.0107. The number of nitrogens with zero attached hydrogens (tertiary/aromatic N) is 2. The van der Waals surface area contributed by atoms with Gasteiger partial charge in [0.25, 0.3) is 5.91 Å². The van der Waals surface area contributed by atoms with Gasteiger partial charge in [-0.3, -0.25) is 4.79 Å². The number of carbonyl (C=O) groups is 2. The van der Waals surface area contributed by atoms with E-state index >= 15 is 0 Å². The molecule has 3 rings (SSSR count). The molecule has 27 heavy (non-hydrogen) atoms. The molecular formula is C18H20N2O6S. The molecule has 0 unspecified atom stereocenters. The molecule has 8 nitrogen and oxygen atoms in total. The van der Waals surface area contributed by atoms with Crippen molar-refractivity contribution in [2.45, 2.75) is 0 Å². The van der Waals surface area contributed by atoms with E-state index in [4.69, 9.17) is 4.74 Å². The minimum atomic E-state index is -3.28. The fourth-order valence-corrected chi connectivity index (χ4v) is 3.78. The number of aromatic hydroxyl groups is 1. The highest BCUT2D eigenvalue weighted by atomic mass is 32.2. The van der Waals surface area contributed by atoms with Crippen LogP contribution in [0.5, 0.6) is 5.75 Å². The van der Waals surface area contributed by atoms with E-state index in [1.165, 1.54) is 21.3 Å². The molecule has 2 aromatic rings. The lowest BCUT2D eigenvalue weighted by atomic mass is 10.1. The maximum absolute atomic E-state index is 12.2. The Morgan fingerprint density at radius 3 is 2.26 bits per heavy atom. The van der Waals surface area contributed by atoms with Gasteiger partial charge in [0.15, 0.2) is 6.61 Å². The molecule has 2 aromatic carbocycles. The van der Waals surface area contributed by atoms with E-state index in [0.717, 1.165) is 17.0 Å². The Morgan fingerprint density at radius 1 is 1.07 bits per heavy atom. The predicted octanol–water partition coefficient (Wildman–Crippen LogP) is 0.806. The third-order valence-corrected chi connectivity index (χ3v) is 5.77. The molecule has 0 aliphatic carbocycles. The van der Waals surface area contributed by atoms with Crippen LogP contribution < -0.4 is 0 Å². The molecule has 0 aromatic heterocycles. The van der Waals surface area contributed by atoms with Gasteiger partial charge in [0.1, 0.15) is 11.3 Å². The van der Waals surface area contributed by atoms with E-state index in [9.17, 15) is 23.1 Å². The van der Waals surface area contributed by atoms with Crippen molar-refractivity contribution in [3.8, 4) is 5.75 Å². The second-order valence-corrected chi connectivity index (χ2v) is 8.32. The highest BCUT2D eigenvalue weighted by Gasteiger charge is 2.26. The van der Waals surface area contributed by atoms with Crippen LogP contribution >= 0.6 is 0 Å². The first kappa shape index (κ1) is 19.1. The SMILES string of the molecule is CS(=O)(=O)N1CCN(C(=O)COC(=O)c2cc3ccccc3cc2O)CC1. The number of sulfonamides is 1. The van der Waals surface area contributed by atoms with E-state index in [1.54, 1.807) is 6.07 Å². The summed E-state index contributed by atoms with van der Waals surface area (Å²) in [5, 5.41) is 11.6. The zero-order valence-electron chi connectivity index (χ0n) is 14.8. The largest absolute Gasteiger partial charge is 0.507 e. The number of hydrogen-bond donors (Lipinski definition) is 1. The summed E-state index contributed by atoms with van der Waals surface area (Å²) in [6, 6.07) is 10.2. The molecule has 0 bridgehead atoms. The number of carbonyl (C=O) groups excluding carboxylic acids is 2. The van der Waals surface area contributed by atoms with Gasteiger partial charge in [0.05, 0.1) is 6.26 Å². The standard InChI is InChI=1S/C18H20N2O6S/c1-27(24,25)20-8-6-19(7-9-20)17(22)12-26-18(23)15-10-13-4-2-3-5-14(13)11-16(15)21/h2-5,10-11,21H,6-9,12H2,1H3. The van der Waals surface area contributed by atoms with Crippen molar-refractivity contribution in [3.05, 3.63) is 42.0 Å².